The van der Waals surface area contributed by atoms with Gasteiger partial charge in [-0.2, -0.15) is 0 Å². The quantitative estimate of drug-likeness (QED) is 0.0262. The van der Waals surface area contributed by atoms with Crippen molar-refractivity contribution in [2.45, 2.75) is 348 Å². The highest BCUT2D eigenvalue weighted by atomic mass is 16.6. The Kier molecular flexibility index (Phi) is 55.2. The zero-order chi connectivity index (χ0) is 48.6. The van der Waals surface area contributed by atoms with Crippen molar-refractivity contribution in [3.63, 3.8) is 0 Å². The molecule has 6 heteroatoms. The first-order valence-electron chi connectivity index (χ1n) is 30.2. The highest BCUT2D eigenvalue weighted by Crippen LogP contribution is 2.18. The largest absolute Gasteiger partial charge is 0.462 e. The van der Waals surface area contributed by atoms with E-state index in [2.05, 4.69) is 32.9 Å². The van der Waals surface area contributed by atoms with Crippen molar-refractivity contribution in [1.29, 1.82) is 0 Å². The number of carbonyl (C=O) groups is 3. The van der Waals surface area contributed by atoms with Gasteiger partial charge in [-0.3, -0.25) is 14.4 Å². The van der Waals surface area contributed by atoms with Gasteiger partial charge in [0.1, 0.15) is 13.2 Å². The first kappa shape index (κ1) is 65.1. The van der Waals surface area contributed by atoms with Crippen molar-refractivity contribution in [3.05, 3.63) is 12.2 Å². The second-order valence-electron chi connectivity index (χ2n) is 20.6. The summed E-state index contributed by atoms with van der Waals surface area (Å²) in [5.41, 5.74) is 0. The Balaban J connectivity index is 4.10. The fraction of sp³-hybridized carbons (Fsp3) is 0.918. The van der Waals surface area contributed by atoms with Crippen LogP contribution in [0.3, 0.4) is 0 Å². The lowest BCUT2D eigenvalue weighted by Crippen LogP contribution is -2.30. The number of esters is 3. The summed E-state index contributed by atoms with van der Waals surface area (Å²) in [5.74, 6) is -0.851. The summed E-state index contributed by atoms with van der Waals surface area (Å²) >= 11 is 0. The predicted octanol–water partition coefficient (Wildman–Crippen LogP) is 20.1. The van der Waals surface area contributed by atoms with E-state index in [-0.39, 0.29) is 31.1 Å². The summed E-state index contributed by atoms with van der Waals surface area (Å²) < 4.78 is 16.8. The van der Waals surface area contributed by atoms with Gasteiger partial charge in [-0.05, 0) is 44.9 Å². The van der Waals surface area contributed by atoms with E-state index in [9.17, 15) is 14.4 Å². The molecule has 0 rings (SSSR count). The van der Waals surface area contributed by atoms with Crippen LogP contribution in [0.2, 0.25) is 0 Å². The van der Waals surface area contributed by atoms with Crippen LogP contribution in [0.4, 0.5) is 0 Å². The van der Waals surface area contributed by atoms with Gasteiger partial charge in [0.25, 0.3) is 0 Å². The Hall–Kier alpha value is -1.85. The van der Waals surface area contributed by atoms with Crippen LogP contribution in [-0.4, -0.2) is 37.2 Å². The molecular formula is C61H116O6. The van der Waals surface area contributed by atoms with Crippen molar-refractivity contribution in [2.24, 2.45) is 0 Å². The summed E-state index contributed by atoms with van der Waals surface area (Å²) in [5, 5.41) is 0. The topological polar surface area (TPSA) is 78.9 Å². The molecule has 0 radical (unpaired) electrons. The zero-order valence-electron chi connectivity index (χ0n) is 45.5. The summed E-state index contributed by atoms with van der Waals surface area (Å²) in [6.07, 6.45) is 65.2. The molecule has 0 spiro atoms. The average Bonchev–Trinajstić information content (AvgIpc) is 3.33. The summed E-state index contributed by atoms with van der Waals surface area (Å²) in [4.78, 5) is 38.0. The third-order valence-corrected chi connectivity index (χ3v) is 13.8. The van der Waals surface area contributed by atoms with Gasteiger partial charge >= 0.3 is 17.9 Å². The maximum atomic E-state index is 12.8. The van der Waals surface area contributed by atoms with Crippen LogP contribution in [0, 0.1) is 0 Å². The lowest BCUT2D eigenvalue weighted by atomic mass is 10.0. The van der Waals surface area contributed by atoms with Crippen molar-refractivity contribution in [3.8, 4) is 0 Å². The minimum atomic E-state index is -0.764. The monoisotopic (exact) mass is 945 g/mol. The first-order valence-corrected chi connectivity index (χ1v) is 30.2. The molecule has 6 nitrogen and oxygen atoms in total. The number of hydrogen-bond acceptors (Lipinski definition) is 6. The van der Waals surface area contributed by atoms with Gasteiger partial charge in [-0.1, -0.05) is 290 Å². The van der Waals surface area contributed by atoms with Crippen molar-refractivity contribution in [1.82, 2.24) is 0 Å². The minimum absolute atomic E-state index is 0.0654. The molecule has 0 fully saturated rings. The zero-order valence-corrected chi connectivity index (χ0v) is 45.5. The molecule has 0 N–H and O–H groups in total. The lowest BCUT2D eigenvalue weighted by Gasteiger charge is -2.18. The molecule has 0 aliphatic heterocycles. The fourth-order valence-electron chi connectivity index (χ4n) is 9.21. The van der Waals surface area contributed by atoms with E-state index in [1.807, 2.05) is 0 Å². The van der Waals surface area contributed by atoms with Crippen molar-refractivity contribution in [2.75, 3.05) is 13.2 Å². The minimum Gasteiger partial charge on any atom is -0.462 e. The van der Waals surface area contributed by atoms with Gasteiger partial charge in [-0.15, -0.1) is 0 Å². The van der Waals surface area contributed by atoms with Crippen LogP contribution in [-0.2, 0) is 28.6 Å². The molecule has 0 aliphatic rings. The smallest absolute Gasteiger partial charge is 0.306 e. The molecule has 1 unspecified atom stereocenters. The SMILES string of the molecule is CCCCCCCC/C=C\CCCCCCCCCCCC(=O)OC(COC(=O)CCCCCCCCC)COC(=O)CCCCCCCCCCCCCCCCCCCCCCCCC. The van der Waals surface area contributed by atoms with Crippen LogP contribution in [0.25, 0.3) is 0 Å². The highest BCUT2D eigenvalue weighted by Gasteiger charge is 2.19. The Morgan fingerprint density at radius 2 is 0.493 bits per heavy atom. The average molecular weight is 946 g/mol. The summed E-state index contributed by atoms with van der Waals surface area (Å²) in [6, 6.07) is 0. The summed E-state index contributed by atoms with van der Waals surface area (Å²) in [6.45, 7) is 6.65. The maximum Gasteiger partial charge on any atom is 0.306 e. The van der Waals surface area contributed by atoms with Gasteiger partial charge in [0.15, 0.2) is 6.10 Å². The molecule has 0 aromatic rings. The molecular weight excluding hydrogens is 829 g/mol. The molecule has 0 aromatic carbocycles. The summed E-state index contributed by atoms with van der Waals surface area (Å²) in [7, 11) is 0. The molecule has 0 aromatic heterocycles. The molecule has 0 saturated heterocycles. The number of hydrogen-bond donors (Lipinski definition) is 0. The molecule has 1 atom stereocenters. The Bertz CT molecular complexity index is 1040. The third-order valence-electron chi connectivity index (χ3n) is 13.8. The number of ether oxygens (including phenoxy) is 3. The second kappa shape index (κ2) is 56.7. The van der Waals surface area contributed by atoms with Gasteiger partial charge in [-0.25, -0.2) is 0 Å². The number of unbranched alkanes of at least 4 members (excludes halogenated alkanes) is 43. The molecule has 67 heavy (non-hydrogen) atoms. The Morgan fingerprint density at radius 3 is 0.746 bits per heavy atom. The number of carbonyl (C=O) groups excluding carboxylic acids is 3. The van der Waals surface area contributed by atoms with Gasteiger partial charge in [0, 0.05) is 19.3 Å². The van der Waals surface area contributed by atoms with E-state index < -0.39 is 6.10 Å². The molecule has 396 valence electrons. The number of rotatable bonds is 56. The van der Waals surface area contributed by atoms with E-state index in [1.165, 1.54) is 244 Å². The lowest BCUT2D eigenvalue weighted by molar-refractivity contribution is -0.167. The van der Waals surface area contributed by atoms with Gasteiger partial charge in [0.05, 0.1) is 0 Å². The fourth-order valence-corrected chi connectivity index (χ4v) is 9.21. The molecule has 0 amide bonds. The van der Waals surface area contributed by atoms with Gasteiger partial charge < -0.3 is 14.2 Å². The number of allylic oxidation sites excluding steroid dienone is 2. The van der Waals surface area contributed by atoms with Gasteiger partial charge in [0.2, 0.25) is 0 Å². The van der Waals surface area contributed by atoms with E-state index in [0.717, 1.165) is 57.8 Å². The molecule has 0 saturated carbocycles. The normalized spacial score (nSPS) is 12.0. The molecule has 0 bridgehead atoms. The van der Waals surface area contributed by atoms with Crippen LogP contribution in [0.1, 0.15) is 342 Å². The van der Waals surface area contributed by atoms with Crippen LogP contribution < -0.4 is 0 Å². The first-order chi connectivity index (χ1) is 33.0. The van der Waals surface area contributed by atoms with Crippen molar-refractivity contribution < 1.29 is 28.6 Å². The van der Waals surface area contributed by atoms with Crippen LogP contribution in [0.5, 0.6) is 0 Å². The Morgan fingerprint density at radius 1 is 0.284 bits per heavy atom. The van der Waals surface area contributed by atoms with E-state index in [0.29, 0.717) is 19.3 Å². The van der Waals surface area contributed by atoms with Crippen LogP contribution >= 0.6 is 0 Å². The van der Waals surface area contributed by atoms with E-state index >= 15 is 0 Å². The molecule has 0 heterocycles. The second-order valence-corrected chi connectivity index (χ2v) is 20.6. The van der Waals surface area contributed by atoms with E-state index in [4.69, 9.17) is 14.2 Å². The standard InChI is InChI=1S/C61H116O6/c1-4-7-10-13-16-18-20-22-24-26-28-29-30-31-33-34-36-38-40-42-45-48-51-54-60(63)66-57-58(56-65-59(62)53-50-47-44-15-12-9-6-3)67-61(64)55-52-49-46-43-41-39-37-35-32-27-25-23-21-19-17-14-11-8-5-2/h23,25,58H,4-22,24,26-57H2,1-3H3/b25-23-. The van der Waals surface area contributed by atoms with Crippen molar-refractivity contribution >= 4 is 17.9 Å². The van der Waals surface area contributed by atoms with Crippen LogP contribution in [0.15, 0.2) is 12.2 Å². The predicted molar refractivity (Wildman–Crippen MR) is 289 cm³/mol. The third kappa shape index (κ3) is 55.0. The molecule has 0 aliphatic carbocycles. The maximum absolute atomic E-state index is 12.8. The Labute approximate surface area is 418 Å². The highest BCUT2D eigenvalue weighted by molar-refractivity contribution is 5.71. The van der Waals surface area contributed by atoms with E-state index in [1.54, 1.807) is 0 Å².